The summed E-state index contributed by atoms with van der Waals surface area (Å²) in [5.74, 6) is -0.352. The first-order valence-electron chi connectivity index (χ1n) is 5.11. The van der Waals surface area contributed by atoms with Crippen LogP contribution in [-0.4, -0.2) is 35.3 Å². The lowest BCUT2D eigenvalue weighted by molar-refractivity contribution is -0.127. The maximum Gasteiger partial charge on any atom is 0.229 e. The van der Waals surface area contributed by atoms with Crippen LogP contribution in [0, 0.1) is 5.92 Å². The highest BCUT2D eigenvalue weighted by Gasteiger charge is 2.31. The van der Waals surface area contributed by atoms with Crippen LogP contribution in [0.2, 0.25) is 0 Å². The molecule has 0 aromatic carbocycles. The molecule has 5 nitrogen and oxygen atoms in total. The topological polar surface area (TPSA) is 62.3 Å². The minimum atomic E-state index is -0.252. The molecule has 0 spiro atoms. The van der Waals surface area contributed by atoms with Crippen molar-refractivity contribution in [3.05, 3.63) is 24.5 Å². The first-order valence-corrected chi connectivity index (χ1v) is 5.11. The van der Waals surface area contributed by atoms with Gasteiger partial charge in [-0.1, -0.05) is 0 Å². The van der Waals surface area contributed by atoms with Gasteiger partial charge in [-0.2, -0.15) is 0 Å². The fourth-order valence-electron chi connectivity index (χ4n) is 1.72. The molecular formula is C11H13N3O2. The number of hydrogen-bond acceptors (Lipinski definition) is 3. The number of pyridine rings is 1. The minimum Gasteiger partial charge on any atom is -0.345 e. The van der Waals surface area contributed by atoms with Gasteiger partial charge in [0.2, 0.25) is 11.8 Å². The first-order chi connectivity index (χ1) is 7.66. The Kier molecular flexibility index (Phi) is 2.85. The van der Waals surface area contributed by atoms with E-state index in [0.29, 0.717) is 18.7 Å². The Hall–Kier alpha value is -1.91. The second kappa shape index (κ2) is 4.30. The zero-order chi connectivity index (χ0) is 11.5. The smallest absolute Gasteiger partial charge is 0.229 e. The molecule has 5 heteroatoms. The lowest BCUT2D eigenvalue weighted by Gasteiger charge is -2.10. The van der Waals surface area contributed by atoms with E-state index in [-0.39, 0.29) is 17.7 Å². The van der Waals surface area contributed by atoms with E-state index in [0.717, 1.165) is 0 Å². The summed E-state index contributed by atoms with van der Waals surface area (Å²) in [6, 6.07) is 3.52. The molecule has 1 atom stereocenters. The Morgan fingerprint density at radius 2 is 2.44 bits per heavy atom. The number of carbonyl (C=O) groups is 2. The zero-order valence-electron chi connectivity index (χ0n) is 9.01. The lowest BCUT2D eigenvalue weighted by atomic mass is 10.1. The van der Waals surface area contributed by atoms with E-state index in [1.807, 2.05) is 0 Å². The second-order valence-corrected chi connectivity index (χ2v) is 3.91. The Morgan fingerprint density at radius 1 is 1.62 bits per heavy atom. The van der Waals surface area contributed by atoms with Crippen molar-refractivity contribution in [2.75, 3.05) is 18.9 Å². The van der Waals surface area contributed by atoms with Crippen LogP contribution in [-0.2, 0) is 9.59 Å². The Labute approximate surface area is 93.5 Å². The van der Waals surface area contributed by atoms with E-state index in [1.54, 1.807) is 36.5 Å². The van der Waals surface area contributed by atoms with Crippen LogP contribution in [0.4, 0.5) is 5.69 Å². The van der Waals surface area contributed by atoms with Gasteiger partial charge in [-0.3, -0.25) is 14.6 Å². The van der Waals surface area contributed by atoms with Gasteiger partial charge in [0.1, 0.15) is 0 Å². The van der Waals surface area contributed by atoms with Gasteiger partial charge in [0.15, 0.2) is 0 Å². The Morgan fingerprint density at radius 3 is 3.00 bits per heavy atom. The summed E-state index contributed by atoms with van der Waals surface area (Å²) in [5.41, 5.74) is 0.662. The fraction of sp³-hybridized carbons (Fsp3) is 0.364. The second-order valence-electron chi connectivity index (χ2n) is 3.91. The average Bonchev–Trinajstić information content (AvgIpc) is 2.61. The van der Waals surface area contributed by atoms with Crippen LogP contribution < -0.4 is 5.32 Å². The van der Waals surface area contributed by atoms with Gasteiger partial charge in [0.25, 0.3) is 0 Å². The zero-order valence-corrected chi connectivity index (χ0v) is 9.01. The summed E-state index contributed by atoms with van der Waals surface area (Å²) in [5, 5.41) is 2.74. The van der Waals surface area contributed by atoms with E-state index in [9.17, 15) is 9.59 Å². The third kappa shape index (κ3) is 2.18. The highest BCUT2D eigenvalue weighted by atomic mass is 16.2. The maximum atomic E-state index is 11.8. The van der Waals surface area contributed by atoms with Crippen molar-refractivity contribution >= 4 is 17.5 Å². The van der Waals surface area contributed by atoms with E-state index < -0.39 is 0 Å². The molecule has 0 radical (unpaired) electrons. The predicted molar refractivity (Wildman–Crippen MR) is 58.6 cm³/mol. The maximum absolute atomic E-state index is 11.8. The molecule has 1 aromatic rings. The molecule has 0 aliphatic carbocycles. The monoisotopic (exact) mass is 219 g/mol. The van der Waals surface area contributed by atoms with Crippen molar-refractivity contribution < 1.29 is 9.59 Å². The number of anilines is 1. The quantitative estimate of drug-likeness (QED) is 0.787. The summed E-state index contributed by atoms with van der Waals surface area (Å²) in [7, 11) is 1.71. The van der Waals surface area contributed by atoms with Crippen LogP contribution in [0.5, 0.6) is 0 Å². The number of nitrogens with one attached hydrogen (secondary N) is 1. The molecule has 0 bridgehead atoms. The van der Waals surface area contributed by atoms with E-state index in [2.05, 4.69) is 10.3 Å². The number of aromatic nitrogens is 1. The highest BCUT2D eigenvalue weighted by molar-refractivity contribution is 5.96. The van der Waals surface area contributed by atoms with Crippen LogP contribution >= 0.6 is 0 Å². The molecule has 16 heavy (non-hydrogen) atoms. The van der Waals surface area contributed by atoms with Crippen LogP contribution in [0.15, 0.2) is 24.5 Å². The molecule has 2 rings (SSSR count). The number of hydrogen-bond donors (Lipinski definition) is 1. The van der Waals surface area contributed by atoms with E-state index in [1.165, 1.54) is 0 Å². The number of likely N-dealkylation sites (tertiary alicyclic amines) is 1. The molecule has 1 aliphatic rings. The minimum absolute atomic E-state index is 0.0198. The summed E-state index contributed by atoms with van der Waals surface area (Å²) >= 11 is 0. The lowest BCUT2D eigenvalue weighted by Crippen LogP contribution is -2.25. The van der Waals surface area contributed by atoms with E-state index in [4.69, 9.17) is 0 Å². The van der Waals surface area contributed by atoms with Gasteiger partial charge >= 0.3 is 0 Å². The molecule has 1 saturated heterocycles. The molecular weight excluding hydrogens is 206 g/mol. The van der Waals surface area contributed by atoms with Crippen molar-refractivity contribution in [2.24, 2.45) is 5.92 Å². The summed E-state index contributed by atoms with van der Waals surface area (Å²) < 4.78 is 0. The SMILES string of the molecule is CN1C[C@H](C(=O)Nc2cccnc2)CC1=O. The molecule has 1 aliphatic heterocycles. The summed E-state index contributed by atoms with van der Waals surface area (Å²) in [6.07, 6.45) is 3.52. The van der Waals surface area contributed by atoms with Gasteiger partial charge in [-0.25, -0.2) is 0 Å². The van der Waals surface area contributed by atoms with E-state index >= 15 is 0 Å². The molecule has 0 saturated carbocycles. The molecule has 1 fully saturated rings. The first kappa shape index (κ1) is 10.6. The van der Waals surface area contributed by atoms with Crippen LogP contribution in [0.1, 0.15) is 6.42 Å². The number of carbonyl (C=O) groups excluding carboxylic acids is 2. The standard InChI is InChI=1S/C11H13N3O2/c1-14-7-8(5-10(14)15)11(16)13-9-3-2-4-12-6-9/h2-4,6,8H,5,7H2,1H3,(H,13,16)/t8-/m1/s1. The van der Waals surface area contributed by atoms with Gasteiger partial charge in [-0.15, -0.1) is 0 Å². The van der Waals surface area contributed by atoms with Crippen molar-refractivity contribution in [2.45, 2.75) is 6.42 Å². The average molecular weight is 219 g/mol. The molecule has 0 unspecified atom stereocenters. The van der Waals surface area contributed by atoms with Gasteiger partial charge < -0.3 is 10.2 Å². The van der Waals surface area contributed by atoms with Crippen molar-refractivity contribution in [3.63, 3.8) is 0 Å². The number of rotatable bonds is 2. The Balaban J connectivity index is 1.97. The molecule has 1 aromatic heterocycles. The predicted octanol–water partition coefficient (Wildman–Crippen LogP) is 0.498. The summed E-state index contributed by atoms with van der Waals surface area (Å²) in [6.45, 7) is 0.491. The molecule has 2 heterocycles. The molecule has 84 valence electrons. The van der Waals surface area contributed by atoms with Gasteiger partial charge in [-0.05, 0) is 12.1 Å². The third-order valence-electron chi connectivity index (χ3n) is 2.64. The number of amides is 2. The van der Waals surface area contributed by atoms with Gasteiger partial charge in [0.05, 0.1) is 17.8 Å². The third-order valence-corrected chi connectivity index (χ3v) is 2.64. The van der Waals surface area contributed by atoms with Crippen molar-refractivity contribution in [3.8, 4) is 0 Å². The fourth-order valence-corrected chi connectivity index (χ4v) is 1.72. The van der Waals surface area contributed by atoms with Crippen LogP contribution in [0.25, 0.3) is 0 Å². The number of nitrogens with zero attached hydrogens (tertiary/aromatic N) is 2. The molecule has 2 amide bonds. The Bertz CT molecular complexity index is 405. The van der Waals surface area contributed by atoms with Crippen molar-refractivity contribution in [1.82, 2.24) is 9.88 Å². The largest absolute Gasteiger partial charge is 0.345 e. The summed E-state index contributed by atoms with van der Waals surface area (Å²) in [4.78, 5) is 28.5. The molecule has 1 N–H and O–H groups in total. The van der Waals surface area contributed by atoms with Crippen LogP contribution in [0.3, 0.4) is 0 Å². The van der Waals surface area contributed by atoms with Gasteiger partial charge in [0, 0.05) is 26.2 Å². The highest BCUT2D eigenvalue weighted by Crippen LogP contribution is 2.17. The normalized spacial score (nSPS) is 19.9. The van der Waals surface area contributed by atoms with Crippen molar-refractivity contribution in [1.29, 1.82) is 0 Å².